The first-order chi connectivity index (χ1) is 10.5. The fourth-order valence-corrected chi connectivity index (χ4v) is 2.67. The smallest absolute Gasteiger partial charge is 0.321 e. The number of unbranched alkanes of at least 4 members (excludes halogenated alkanes) is 1. The Bertz CT molecular complexity index is 570. The van der Waals surface area contributed by atoms with Gasteiger partial charge >= 0.3 is 11.9 Å². The van der Waals surface area contributed by atoms with E-state index in [2.05, 4.69) is 0 Å². The number of carboxylic acid groups (broad SMARTS) is 2. The monoisotopic (exact) mass is 322 g/mol. The molecule has 0 unspecified atom stereocenters. The Labute approximate surface area is 137 Å². The molecule has 0 saturated carbocycles. The summed E-state index contributed by atoms with van der Waals surface area (Å²) in [4.78, 5) is 23.4. The molecule has 23 heavy (non-hydrogen) atoms. The number of aromatic hydroxyl groups is 1. The standard InChI is InChI=1S/C18H26O5/c1-5-6-9-18(15(20)21,16(22)23)11-12-7-8-14(19)13(10-12)17(2,3)4/h7-8,10,19H,5-6,9,11H2,1-4H3,(H,20,21)(H,22,23). The number of rotatable bonds is 7. The van der Waals surface area contributed by atoms with Gasteiger partial charge in [-0.25, -0.2) is 0 Å². The molecule has 1 aromatic carbocycles. The van der Waals surface area contributed by atoms with Crippen LogP contribution in [0, 0.1) is 5.41 Å². The van der Waals surface area contributed by atoms with Crippen molar-refractivity contribution < 1.29 is 24.9 Å². The van der Waals surface area contributed by atoms with Gasteiger partial charge in [-0.15, -0.1) is 0 Å². The van der Waals surface area contributed by atoms with Gasteiger partial charge in [-0.1, -0.05) is 52.7 Å². The first kappa shape index (κ1) is 19.0. The van der Waals surface area contributed by atoms with E-state index >= 15 is 0 Å². The van der Waals surface area contributed by atoms with Crippen molar-refractivity contribution in [2.45, 2.75) is 58.8 Å². The zero-order valence-electron chi connectivity index (χ0n) is 14.2. The van der Waals surface area contributed by atoms with Crippen molar-refractivity contribution in [3.8, 4) is 5.75 Å². The fourth-order valence-electron chi connectivity index (χ4n) is 2.67. The van der Waals surface area contributed by atoms with Gasteiger partial charge < -0.3 is 15.3 Å². The van der Waals surface area contributed by atoms with Gasteiger partial charge in [0.1, 0.15) is 5.75 Å². The van der Waals surface area contributed by atoms with Gasteiger partial charge in [0, 0.05) is 0 Å². The average molecular weight is 322 g/mol. The first-order valence-corrected chi connectivity index (χ1v) is 7.83. The number of phenolic OH excluding ortho intramolecular Hbond substituents is 1. The average Bonchev–Trinajstić information content (AvgIpc) is 2.43. The van der Waals surface area contributed by atoms with Crippen LogP contribution in [0.2, 0.25) is 0 Å². The zero-order chi connectivity index (χ0) is 17.8. The predicted octanol–water partition coefficient (Wildman–Crippen LogP) is 3.58. The van der Waals surface area contributed by atoms with E-state index in [-0.39, 0.29) is 24.0 Å². The molecule has 0 bridgehead atoms. The van der Waals surface area contributed by atoms with Crippen LogP contribution < -0.4 is 0 Å². The van der Waals surface area contributed by atoms with Crippen LogP contribution in [0.1, 0.15) is 58.1 Å². The molecule has 0 aromatic heterocycles. The third-order valence-corrected chi connectivity index (χ3v) is 4.15. The minimum Gasteiger partial charge on any atom is -0.508 e. The number of carbonyl (C=O) groups is 2. The Morgan fingerprint density at radius 1 is 1.09 bits per heavy atom. The van der Waals surface area contributed by atoms with E-state index in [1.807, 2.05) is 27.7 Å². The lowest BCUT2D eigenvalue weighted by atomic mass is 9.76. The highest BCUT2D eigenvalue weighted by Crippen LogP contribution is 2.35. The summed E-state index contributed by atoms with van der Waals surface area (Å²) in [7, 11) is 0. The third kappa shape index (κ3) is 4.24. The molecule has 5 heteroatoms. The summed E-state index contributed by atoms with van der Waals surface area (Å²) >= 11 is 0. The molecule has 0 fully saturated rings. The van der Waals surface area contributed by atoms with E-state index in [0.717, 1.165) is 6.42 Å². The molecule has 128 valence electrons. The van der Waals surface area contributed by atoms with Crippen LogP contribution >= 0.6 is 0 Å². The third-order valence-electron chi connectivity index (χ3n) is 4.15. The van der Waals surface area contributed by atoms with Crippen LogP contribution in [0.4, 0.5) is 0 Å². The minimum atomic E-state index is -1.83. The maximum absolute atomic E-state index is 11.7. The molecular weight excluding hydrogens is 296 g/mol. The Balaban J connectivity index is 3.28. The van der Waals surface area contributed by atoms with Gasteiger partial charge in [0.2, 0.25) is 0 Å². The summed E-state index contributed by atoms with van der Waals surface area (Å²) in [6, 6.07) is 4.81. The second-order valence-corrected chi connectivity index (χ2v) is 7.07. The highest BCUT2D eigenvalue weighted by Gasteiger charge is 2.46. The van der Waals surface area contributed by atoms with E-state index in [9.17, 15) is 24.9 Å². The molecule has 1 rings (SSSR count). The summed E-state index contributed by atoms with van der Waals surface area (Å²) in [6.45, 7) is 7.70. The topological polar surface area (TPSA) is 94.8 Å². The second-order valence-electron chi connectivity index (χ2n) is 7.07. The van der Waals surface area contributed by atoms with Gasteiger partial charge in [-0.2, -0.15) is 0 Å². The van der Waals surface area contributed by atoms with Crippen molar-refractivity contribution in [1.29, 1.82) is 0 Å². The van der Waals surface area contributed by atoms with Crippen LogP contribution in [-0.2, 0) is 21.4 Å². The highest BCUT2D eigenvalue weighted by molar-refractivity contribution is 5.98. The molecule has 3 N–H and O–H groups in total. The van der Waals surface area contributed by atoms with Crippen LogP contribution in [0.3, 0.4) is 0 Å². The SMILES string of the molecule is CCCCC(Cc1ccc(O)c(C(C)(C)C)c1)(C(=O)O)C(=O)O. The van der Waals surface area contributed by atoms with E-state index in [1.165, 1.54) is 6.07 Å². The largest absolute Gasteiger partial charge is 0.508 e. The molecule has 1 aromatic rings. The maximum Gasteiger partial charge on any atom is 0.321 e. The number of aliphatic carboxylic acids is 2. The second kappa shape index (κ2) is 7.02. The van der Waals surface area contributed by atoms with E-state index < -0.39 is 17.4 Å². The number of carboxylic acids is 2. The van der Waals surface area contributed by atoms with Gasteiger partial charge in [0.05, 0.1) is 0 Å². The van der Waals surface area contributed by atoms with Crippen molar-refractivity contribution >= 4 is 11.9 Å². The number of hydrogen-bond acceptors (Lipinski definition) is 3. The van der Waals surface area contributed by atoms with Gasteiger partial charge in [-0.05, 0) is 35.4 Å². The molecular formula is C18H26O5. The molecule has 0 heterocycles. The summed E-state index contributed by atoms with van der Waals surface area (Å²) in [6.07, 6.45) is 1.24. The van der Waals surface area contributed by atoms with Crippen molar-refractivity contribution in [3.63, 3.8) is 0 Å². The van der Waals surface area contributed by atoms with E-state index in [4.69, 9.17) is 0 Å². The number of benzene rings is 1. The van der Waals surface area contributed by atoms with Crippen LogP contribution in [0.5, 0.6) is 5.75 Å². The predicted molar refractivity (Wildman–Crippen MR) is 87.7 cm³/mol. The Morgan fingerprint density at radius 2 is 1.65 bits per heavy atom. The van der Waals surface area contributed by atoms with Gasteiger partial charge in [0.15, 0.2) is 5.41 Å². The van der Waals surface area contributed by atoms with Crippen molar-refractivity contribution in [2.24, 2.45) is 5.41 Å². The lowest BCUT2D eigenvalue weighted by Crippen LogP contribution is -2.41. The summed E-state index contributed by atoms with van der Waals surface area (Å²) < 4.78 is 0. The highest BCUT2D eigenvalue weighted by atomic mass is 16.4. The molecule has 0 radical (unpaired) electrons. The summed E-state index contributed by atoms with van der Waals surface area (Å²) in [5, 5.41) is 29.1. The molecule has 0 spiro atoms. The molecule has 0 aliphatic heterocycles. The molecule has 0 aliphatic carbocycles. The lowest BCUT2D eigenvalue weighted by molar-refractivity contribution is -0.165. The zero-order valence-corrected chi connectivity index (χ0v) is 14.2. The molecule has 0 atom stereocenters. The van der Waals surface area contributed by atoms with Gasteiger partial charge in [0.25, 0.3) is 0 Å². The quantitative estimate of drug-likeness (QED) is 0.667. The van der Waals surface area contributed by atoms with Crippen molar-refractivity contribution in [2.75, 3.05) is 0 Å². The molecule has 5 nitrogen and oxygen atoms in total. The molecule has 0 saturated heterocycles. The number of phenols is 1. The Morgan fingerprint density at radius 3 is 2.09 bits per heavy atom. The fraction of sp³-hybridized carbons (Fsp3) is 0.556. The van der Waals surface area contributed by atoms with Crippen LogP contribution in [0.25, 0.3) is 0 Å². The normalized spacial score (nSPS) is 12.2. The number of hydrogen-bond donors (Lipinski definition) is 3. The van der Waals surface area contributed by atoms with Crippen LogP contribution in [0.15, 0.2) is 18.2 Å². The van der Waals surface area contributed by atoms with Crippen molar-refractivity contribution in [1.82, 2.24) is 0 Å². The molecule has 0 aliphatic rings. The lowest BCUT2D eigenvalue weighted by Gasteiger charge is -2.26. The van der Waals surface area contributed by atoms with Crippen molar-refractivity contribution in [3.05, 3.63) is 29.3 Å². The Kier molecular flexibility index (Phi) is 5.81. The Hall–Kier alpha value is -2.04. The first-order valence-electron chi connectivity index (χ1n) is 7.83. The minimum absolute atomic E-state index is 0.0832. The summed E-state index contributed by atoms with van der Waals surface area (Å²) in [5.41, 5.74) is -0.871. The van der Waals surface area contributed by atoms with E-state index in [1.54, 1.807) is 12.1 Å². The summed E-state index contributed by atoms with van der Waals surface area (Å²) in [5.74, 6) is -2.50. The maximum atomic E-state index is 11.7. The molecule has 0 amide bonds. The van der Waals surface area contributed by atoms with Crippen LogP contribution in [-0.4, -0.2) is 27.3 Å². The van der Waals surface area contributed by atoms with Gasteiger partial charge in [-0.3, -0.25) is 9.59 Å². The van der Waals surface area contributed by atoms with E-state index in [0.29, 0.717) is 17.5 Å².